The molecule has 0 aromatic heterocycles. The van der Waals surface area contributed by atoms with E-state index in [0.29, 0.717) is 12.3 Å². The molecule has 20 heavy (non-hydrogen) atoms. The molecule has 0 N–H and O–H groups in total. The summed E-state index contributed by atoms with van der Waals surface area (Å²) in [6.07, 6.45) is 2.45. The molecule has 3 heteroatoms. The summed E-state index contributed by atoms with van der Waals surface area (Å²) >= 11 is 0. The van der Waals surface area contributed by atoms with Crippen LogP contribution in [0.1, 0.15) is 43.2 Å². The van der Waals surface area contributed by atoms with Crippen LogP contribution in [0.2, 0.25) is 0 Å². The van der Waals surface area contributed by atoms with Crippen LogP contribution in [0.3, 0.4) is 0 Å². The maximum absolute atomic E-state index is 12.3. The van der Waals surface area contributed by atoms with Crippen LogP contribution in [0.5, 0.6) is 0 Å². The summed E-state index contributed by atoms with van der Waals surface area (Å²) in [5.41, 5.74) is 2.11. The molecule has 1 fully saturated rings. The Morgan fingerprint density at radius 3 is 2.50 bits per heavy atom. The minimum absolute atomic E-state index is 0.115. The largest absolute Gasteiger partial charge is 0.343 e. The molecule has 0 spiro atoms. The fourth-order valence-corrected chi connectivity index (χ4v) is 2.60. The number of benzene rings is 1. The summed E-state index contributed by atoms with van der Waals surface area (Å²) in [4.78, 5) is 14.2. The minimum Gasteiger partial charge on any atom is -0.343 e. The summed E-state index contributed by atoms with van der Waals surface area (Å²) in [6, 6.07) is 10.2. The van der Waals surface area contributed by atoms with Gasteiger partial charge in [0.1, 0.15) is 0 Å². The first-order chi connectivity index (χ1) is 9.60. The summed E-state index contributed by atoms with van der Waals surface area (Å²) < 4.78 is 0. The molecular weight excluding hydrogens is 248 g/mol. The Bertz CT molecular complexity index is 493. The Kier molecular flexibility index (Phi) is 4.79. The van der Waals surface area contributed by atoms with Gasteiger partial charge in [-0.25, -0.2) is 0 Å². The zero-order chi connectivity index (χ0) is 14.5. The average Bonchev–Trinajstić information content (AvgIpc) is 2.46. The predicted molar refractivity (Wildman–Crippen MR) is 79.1 cm³/mol. The zero-order valence-electron chi connectivity index (χ0n) is 12.3. The first-order valence-electron chi connectivity index (χ1n) is 7.34. The Labute approximate surface area is 121 Å². The van der Waals surface area contributed by atoms with Gasteiger partial charge in [-0.05, 0) is 31.2 Å². The maximum atomic E-state index is 12.3. The Hall–Kier alpha value is -1.82. The van der Waals surface area contributed by atoms with Crippen LogP contribution in [0.25, 0.3) is 0 Å². The smallest absolute Gasteiger partial charge is 0.224 e. The van der Waals surface area contributed by atoms with Crippen molar-refractivity contribution in [3.05, 3.63) is 35.4 Å². The van der Waals surface area contributed by atoms with Gasteiger partial charge < -0.3 is 4.90 Å². The molecule has 1 unspecified atom stereocenters. The highest BCUT2D eigenvalue weighted by Gasteiger charge is 2.23. The number of piperidine rings is 1. The third kappa shape index (κ3) is 3.60. The quantitative estimate of drug-likeness (QED) is 0.846. The van der Waals surface area contributed by atoms with Crippen LogP contribution in [0.15, 0.2) is 24.3 Å². The summed E-state index contributed by atoms with van der Waals surface area (Å²) in [5.74, 6) is 0.495. The molecule has 1 aromatic rings. The first kappa shape index (κ1) is 14.6. The van der Waals surface area contributed by atoms with Crippen molar-refractivity contribution in [3.8, 4) is 6.07 Å². The number of nitrogens with zero attached hydrogens (tertiary/aromatic N) is 2. The van der Waals surface area contributed by atoms with Crippen LogP contribution in [-0.4, -0.2) is 23.9 Å². The monoisotopic (exact) mass is 270 g/mol. The molecule has 1 atom stereocenters. The number of likely N-dealkylation sites (tertiary alicyclic amines) is 1. The molecule has 1 aliphatic rings. The second-order valence-corrected chi connectivity index (χ2v) is 5.86. The van der Waals surface area contributed by atoms with E-state index < -0.39 is 0 Å². The second-order valence-electron chi connectivity index (χ2n) is 5.86. The van der Waals surface area contributed by atoms with Gasteiger partial charge in [0.15, 0.2) is 0 Å². The molecule has 1 saturated heterocycles. The summed E-state index contributed by atoms with van der Waals surface area (Å²) in [5, 5.41) is 9.32. The number of carbonyl (C=O) groups excluding carboxylic acids is 1. The maximum Gasteiger partial charge on any atom is 0.224 e. The third-order valence-corrected chi connectivity index (χ3v) is 4.15. The van der Waals surface area contributed by atoms with E-state index in [4.69, 9.17) is 0 Å². The highest BCUT2D eigenvalue weighted by Crippen LogP contribution is 2.23. The third-order valence-electron chi connectivity index (χ3n) is 4.15. The fourth-order valence-electron chi connectivity index (χ4n) is 2.60. The number of carbonyl (C=O) groups is 1. The topological polar surface area (TPSA) is 44.1 Å². The predicted octanol–water partition coefficient (Wildman–Crippen LogP) is 3.25. The second kappa shape index (κ2) is 6.56. The Morgan fingerprint density at radius 1 is 1.35 bits per heavy atom. The number of hydrogen-bond donors (Lipinski definition) is 0. The molecule has 2 rings (SSSR count). The normalized spacial score (nSPS) is 17.6. The van der Waals surface area contributed by atoms with Crippen LogP contribution >= 0.6 is 0 Å². The molecule has 0 bridgehead atoms. The lowest BCUT2D eigenvalue weighted by Gasteiger charge is -2.30. The highest BCUT2D eigenvalue weighted by atomic mass is 16.2. The van der Waals surface area contributed by atoms with Gasteiger partial charge in [-0.3, -0.25) is 4.79 Å². The van der Waals surface area contributed by atoms with E-state index >= 15 is 0 Å². The molecule has 3 nitrogen and oxygen atoms in total. The van der Waals surface area contributed by atoms with Crippen molar-refractivity contribution < 1.29 is 4.79 Å². The van der Waals surface area contributed by atoms with E-state index in [1.54, 1.807) is 0 Å². The van der Waals surface area contributed by atoms with Crippen molar-refractivity contribution in [2.45, 2.75) is 39.0 Å². The Morgan fingerprint density at radius 2 is 1.95 bits per heavy atom. The molecule has 1 aliphatic heterocycles. The van der Waals surface area contributed by atoms with Crippen LogP contribution in [0.4, 0.5) is 0 Å². The molecule has 0 aliphatic carbocycles. The van der Waals surface area contributed by atoms with E-state index in [2.05, 4.69) is 13.0 Å². The van der Waals surface area contributed by atoms with E-state index in [1.165, 1.54) is 5.56 Å². The van der Waals surface area contributed by atoms with Gasteiger partial charge in [0.25, 0.3) is 0 Å². The number of amides is 1. The summed E-state index contributed by atoms with van der Waals surface area (Å²) in [7, 11) is 0. The van der Waals surface area contributed by atoms with Gasteiger partial charge in [0, 0.05) is 19.5 Å². The molecule has 106 valence electrons. The first-order valence-corrected chi connectivity index (χ1v) is 7.34. The van der Waals surface area contributed by atoms with Gasteiger partial charge in [-0.15, -0.1) is 0 Å². The van der Waals surface area contributed by atoms with Gasteiger partial charge in [-0.1, -0.05) is 36.8 Å². The number of rotatable bonds is 3. The number of aryl methyl sites for hydroxylation is 1. The van der Waals surface area contributed by atoms with Gasteiger partial charge in [-0.2, -0.15) is 5.26 Å². The molecule has 0 radical (unpaired) electrons. The van der Waals surface area contributed by atoms with Crippen LogP contribution < -0.4 is 0 Å². The highest BCUT2D eigenvalue weighted by molar-refractivity contribution is 5.77. The SMILES string of the molecule is Cc1ccc(C(C#N)CC(=O)N2CCC(C)CC2)cc1. The molecule has 1 amide bonds. The van der Waals surface area contributed by atoms with Crippen molar-refractivity contribution in [1.29, 1.82) is 5.26 Å². The minimum atomic E-state index is -0.331. The number of nitriles is 1. The van der Waals surface area contributed by atoms with E-state index in [-0.39, 0.29) is 11.8 Å². The van der Waals surface area contributed by atoms with Crippen LogP contribution in [-0.2, 0) is 4.79 Å². The van der Waals surface area contributed by atoms with Gasteiger partial charge >= 0.3 is 0 Å². The number of hydrogen-bond acceptors (Lipinski definition) is 2. The fraction of sp³-hybridized carbons (Fsp3) is 0.529. The standard InChI is InChI=1S/C17H22N2O/c1-13-3-5-15(6-4-13)16(12-18)11-17(20)19-9-7-14(2)8-10-19/h3-6,14,16H,7-11H2,1-2H3. The lowest BCUT2D eigenvalue weighted by Crippen LogP contribution is -2.38. The lowest BCUT2D eigenvalue weighted by atomic mass is 9.94. The zero-order valence-corrected chi connectivity index (χ0v) is 12.3. The van der Waals surface area contributed by atoms with Crippen molar-refractivity contribution in [3.63, 3.8) is 0 Å². The van der Waals surface area contributed by atoms with E-state index in [0.717, 1.165) is 31.5 Å². The molecule has 0 saturated carbocycles. The van der Waals surface area contributed by atoms with Crippen molar-refractivity contribution in [2.24, 2.45) is 5.92 Å². The lowest BCUT2D eigenvalue weighted by molar-refractivity contribution is -0.132. The van der Waals surface area contributed by atoms with E-state index in [9.17, 15) is 10.1 Å². The van der Waals surface area contributed by atoms with Crippen LogP contribution in [0, 0.1) is 24.2 Å². The van der Waals surface area contributed by atoms with Crippen molar-refractivity contribution in [1.82, 2.24) is 4.90 Å². The van der Waals surface area contributed by atoms with Crippen molar-refractivity contribution in [2.75, 3.05) is 13.1 Å². The van der Waals surface area contributed by atoms with E-state index in [1.807, 2.05) is 36.1 Å². The van der Waals surface area contributed by atoms with Gasteiger partial charge in [0.05, 0.1) is 12.0 Å². The molecule has 1 aromatic carbocycles. The Balaban J connectivity index is 1.98. The molecule has 1 heterocycles. The summed E-state index contributed by atoms with van der Waals surface area (Å²) in [6.45, 7) is 5.93. The average molecular weight is 270 g/mol. The molecular formula is C17H22N2O. The van der Waals surface area contributed by atoms with Crippen molar-refractivity contribution >= 4 is 5.91 Å². The van der Waals surface area contributed by atoms with Gasteiger partial charge in [0.2, 0.25) is 5.91 Å².